The summed E-state index contributed by atoms with van der Waals surface area (Å²) in [7, 11) is 0. The normalized spacial score (nSPS) is 10.5. The van der Waals surface area contributed by atoms with Crippen molar-refractivity contribution >= 4 is 21.6 Å². The molecule has 0 radical (unpaired) electrons. The summed E-state index contributed by atoms with van der Waals surface area (Å²) in [6.45, 7) is 0.114. The Morgan fingerprint density at radius 2 is 1.63 bits per heavy atom. The van der Waals surface area contributed by atoms with Crippen molar-refractivity contribution in [1.82, 2.24) is 0 Å². The fraction of sp³-hybridized carbons (Fsp3) is 0.0769. The van der Waals surface area contributed by atoms with Crippen molar-refractivity contribution in [3.63, 3.8) is 0 Å². The van der Waals surface area contributed by atoms with E-state index in [9.17, 15) is 13.9 Å². The largest absolute Gasteiger partial charge is 0.504 e. The van der Waals surface area contributed by atoms with Crippen LogP contribution in [0.15, 0.2) is 34.8 Å². The minimum absolute atomic E-state index is 0.114. The average molecular weight is 330 g/mol. The number of anilines is 1. The first kappa shape index (κ1) is 13.6. The van der Waals surface area contributed by atoms with Crippen molar-refractivity contribution in [1.29, 1.82) is 0 Å². The number of benzene rings is 2. The Labute approximate surface area is 116 Å². The lowest BCUT2D eigenvalue weighted by molar-refractivity contribution is 0.403. The molecule has 2 aromatic rings. The van der Waals surface area contributed by atoms with Crippen molar-refractivity contribution in [3.05, 3.63) is 52.0 Å². The quantitative estimate of drug-likeness (QED) is 0.752. The SMILES string of the molecule is Oc1ccc(CNc2c(F)cc(Br)cc2F)cc1O. The molecule has 0 amide bonds. The van der Waals surface area contributed by atoms with Crippen LogP contribution in [0.2, 0.25) is 0 Å². The predicted octanol–water partition coefficient (Wildman–Crippen LogP) is 3.75. The number of hydrogen-bond acceptors (Lipinski definition) is 3. The molecule has 0 aliphatic carbocycles. The summed E-state index contributed by atoms with van der Waals surface area (Å²) in [6, 6.07) is 6.47. The maximum Gasteiger partial charge on any atom is 0.157 e. The van der Waals surface area contributed by atoms with E-state index in [1.807, 2.05) is 0 Å². The molecule has 0 unspecified atom stereocenters. The van der Waals surface area contributed by atoms with Crippen molar-refractivity contribution in [2.75, 3.05) is 5.32 Å². The lowest BCUT2D eigenvalue weighted by Gasteiger charge is -2.10. The standard InChI is InChI=1S/C13H10BrF2NO2/c14-8-4-9(15)13(10(16)5-8)17-6-7-1-2-11(18)12(19)3-7/h1-5,17-19H,6H2. The summed E-state index contributed by atoms with van der Waals surface area (Å²) < 4.78 is 27.4. The van der Waals surface area contributed by atoms with E-state index in [4.69, 9.17) is 5.11 Å². The second kappa shape index (κ2) is 5.44. The van der Waals surface area contributed by atoms with E-state index >= 15 is 0 Å². The second-order valence-electron chi connectivity index (χ2n) is 3.92. The molecule has 6 heteroatoms. The van der Waals surface area contributed by atoms with Crippen LogP contribution in [-0.4, -0.2) is 10.2 Å². The minimum Gasteiger partial charge on any atom is -0.504 e. The zero-order chi connectivity index (χ0) is 14.0. The molecular weight excluding hydrogens is 320 g/mol. The van der Waals surface area contributed by atoms with Gasteiger partial charge in [0.2, 0.25) is 0 Å². The Bertz CT molecular complexity index is 597. The van der Waals surface area contributed by atoms with Gasteiger partial charge in [0.05, 0.1) is 0 Å². The van der Waals surface area contributed by atoms with Gasteiger partial charge in [-0.1, -0.05) is 22.0 Å². The molecule has 3 nitrogen and oxygen atoms in total. The number of phenols is 2. The lowest BCUT2D eigenvalue weighted by atomic mass is 10.2. The highest BCUT2D eigenvalue weighted by Crippen LogP contribution is 2.27. The maximum atomic E-state index is 13.5. The van der Waals surface area contributed by atoms with Gasteiger partial charge in [0, 0.05) is 11.0 Å². The van der Waals surface area contributed by atoms with Crippen LogP contribution in [0.4, 0.5) is 14.5 Å². The van der Waals surface area contributed by atoms with Gasteiger partial charge < -0.3 is 15.5 Å². The Morgan fingerprint density at radius 1 is 1.00 bits per heavy atom. The van der Waals surface area contributed by atoms with Gasteiger partial charge in [-0.05, 0) is 29.8 Å². The summed E-state index contributed by atoms with van der Waals surface area (Å²) >= 11 is 2.99. The third-order valence-electron chi connectivity index (χ3n) is 2.52. The Hall–Kier alpha value is -1.82. The zero-order valence-corrected chi connectivity index (χ0v) is 11.2. The van der Waals surface area contributed by atoms with Gasteiger partial charge in [0.15, 0.2) is 11.5 Å². The topological polar surface area (TPSA) is 52.5 Å². The van der Waals surface area contributed by atoms with Crippen molar-refractivity contribution < 1.29 is 19.0 Å². The van der Waals surface area contributed by atoms with Crippen LogP contribution in [0.1, 0.15) is 5.56 Å². The van der Waals surface area contributed by atoms with Gasteiger partial charge in [-0.15, -0.1) is 0 Å². The summed E-state index contributed by atoms with van der Waals surface area (Å²) in [6.07, 6.45) is 0. The second-order valence-corrected chi connectivity index (χ2v) is 4.84. The molecule has 0 atom stereocenters. The zero-order valence-electron chi connectivity index (χ0n) is 9.62. The van der Waals surface area contributed by atoms with Crippen LogP contribution in [0.25, 0.3) is 0 Å². The maximum absolute atomic E-state index is 13.5. The van der Waals surface area contributed by atoms with Gasteiger partial charge in [-0.3, -0.25) is 0 Å². The molecule has 0 fully saturated rings. The van der Waals surface area contributed by atoms with Crippen LogP contribution in [0, 0.1) is 11.6 Å². The third-order valence-corrected chi connectivity index (χ3v) is 2.97. The van der Waals surface area contributed by atoms with Crippen molar-refractivity contribution in [2.45, 2.75) is 6.54 Å². The molecule has 0 aliphatic rings. The van der Waals surface area contributed by atoms with E-state index in [2.05, 4.69) is 21.2 Å². The molecule has 19 heavy (non-hydrogen) atoms. The fourth-order valence-electron chi connectivity index (χ4n) is 1.58. The number of halogens is 3. The van der Waals surface area contributed by atoms with Crippen LogP contribution in [0.5, 0.6) is 11.5 Å². The van der Waals surface area contributed by atoms with E-state index in [0.717, 1.165) is 12.1 Å². The Balaban J connectivity index is 2.16. The number of phenolic OH excluding ortho intramolecular Hbond substituents is 2. The first-order chi connectivity index (χ1) is 8.97. The van der Waals surface area contributed by atoms with Crippen molar-refractivity contribution in [2.24, 2.45) is 0 Å². The molecule has 2 rings (SSSR count). The number of aromatic hydroxyl groups is 2. The number of nitrogens with one attached hydrogen (secondary N) is 1. The van der Waals surface area contributed by atoms with Gasteiger partial charge in [0.1, 0.15) is 17.3 Å². The lowest BCUT2D eigenvalue weighted by Crippen LogP contribution is -2.04. The predicted molar refractivity (Wildman–Crippen MR) is 71.2 cm³/mol. The average Bonchev–Trinajstić information content (AvgIpc) is 2.32. The highest BCUT2D eigenvalue weighted by Gasteiger charge is 2.10. The fourth-order valence-corrected chi connectivity index (χ4v) is 1.98. The minimum atomic E-state index is -0.713. The van der Waals surface area contributed by atoms with E-state index < -0.39 is 11.6 Å². The van der Waals surface area contributed by atoms with Crippen LogP contribution < -0.4 is 5.32 Å². The smallest absolute Gasteiger partial charge is 0.157 e. The van der Waals surface area contributed by atoms with Gasteiger partial charge >= 0.3 is 0 Å². The molecule has 0 aliphatic heterocycles. The monoisotopic (exact) mass is 329 g/mol. The summed E-state index contributed by atoms with van der Waals surface area (Å²) in [5, 5.41) is 21.1. The highest BCUT2D eigenvalue weighted by atomic mass is 79.9. The van der Waals surface area contributed by atoms with Crippen LogP contribution in [-0.2, 0) is 6.54 Å². The molecule has 0 aromatic heterocycles. The number of hydrogen-bond donors (Lipinski definition) is 3. The van der Waals surface area contributed by atoms with E-state index in [1.54, 1.807) is 0 Å². The molecule has 3 N–H and O–H groups in total. The van der Waals surface area contributed by atoms with E-state index in [-0.39, 0.29) is 23.7 Å². The third kappa shape index (κ3) is 3.14. The first-order valence-corrected chi connectivity index (χ1v) is 6.16. The molecule has 0 spiro atoms. The molecular formula is C13H10BrF2NO2. The summed E-state index contributed by atoms with van der Waals surface area (Å²) in [5.41, 5.74) is 0.341. The van der Waals surface area contributed by atoms with E-state index in [0.29, 0.717) is 10.0 Å². The summed E-state index contributed by atoms with van der Waals surface area (Å²) in [5.74, 6) is -1.95. The van der Waals surface area contributed by atoms with Crippen LogP contribution in [0.3, 0.4) is 0 Å². The number of rotatable bonds is 3. The first-order valence-electron chi connectivity index (χ1n) is 5.36. The molecule has 0 bridgehead atoms. The molecule has 100 valence electrons. The molecule has 0 saturated carbocycles. The Morgan fingerprint density at radius 3 is 2.21 bits per heavy atom. The molecule has 0 saturated heterocycles. The van der Waals surface area contributed by atoms with Crippen molar-refractivity contribution in [3.8, 4) is 11.5 Å². The van der Waals surface area contributed by atoms with Crippen LogP contribution >= 0.6 is 15.9 Å². The molecule has 0 heterocycles. The highest BCUT2D eigenvalue weighted by molar-refractivity contribution is 9.10. The van der Waals surface area contributed by atoms with Gasteiger partial charge in [-0.2, -0.15) is 0 Å². The summed E-state index contributed by atoms with van der Waals surface area (Å²) in [4.78, 5) is 0. The Kier molecular flexibility index (Phi) is 3.90. The van der Waals surface area contributed by atoms with Gasteiger partial charge in [-0.25, -0.2) is 8.78 Å². The van der Waals surface area contributed by atoms with E-state index in [1.165, 1.54) is 18.2 Å². The molecule has 2 aromatic carbocycles. The van der Waals surface area contributed by atoms with Gasteiger partial charge in [0.25, 0.3) is 0 Å².